The molecule has 0 saturated heterocycles. The van der Waals surface area contributed by atoms with Crippen LogP contribution in [0.4, 0.5) is 0 Å². The topological polar surface area (TPSA) is 22.4 Å². The molecule has 1 aliphatic carbocycles. The molecule has 0 saturated carbocycles. The minimum absolute atomic E-state index is 0.450. The molecule has 0 amide bonds. The molecule has 11 rings (SSSR count). The zero-order chi connectivity index (χ0) is 33.5. The molecule has 1 aliphatic heterocycles. The van der Waals surface area contributed by atoms with Crippen LogP contribution in [0, 0.1) is 0 Å². The van der Waals surface area contributed by atoms with E-state index in [1.165, 1.54) is 44.5 Å². The van der Waals surface area contributed by atoms with Gasteiger partial charge in [0.15, 0.2) is 0 Å². The van der Waals surface area contributed by atoms with Crippen molar-refractivity contribution in [2.24, 2.45) is 0 Å². The minimum atomic E-state index is -0.450. The highest BCUT2D eigenvalue weighted by atomic mass is 16.5. The molecule has 0 unspecified atom stereocenters. The van der Waals surface area contributed by atoms with E-state index in [0.29, 0.717) is 0 Å². The largest absolute Gasteiger partial charge is 0.457 e. The maximum absolute atomic E-state index is 6.76. The van der Waals surface area contributed by atoms with Crippen LogP contribution >= 0.6 is 0 Å². The molecule has 2 heteroatoms. The molecule has 0 bridgehead atoms. The van der Waals surface area contributed by atoms with Gasteiger partial charge in [-0.2, -0.15) is 0 Å². The van der Waals surface area contributed by atoms with Gasteiger partial charge in [-0.25, -0.2) is 0 Å². The fraction of sp³-hybridized carbons (Fsp3) is 0.0204. The third kappa shape index (κ3) is 4.05. The van der Waals surface area contributed by atoms with Gasteiger partial charge in [-0.05, 0) is 92.0 Å². The Kier molecular flexibility index (Phi) is 5.91. The molecule has 2 heterocycles. The number of rotatable bonds is 3. The summed E-state index contributed by atoms with van der Waals surface area (Å²) >= 11 is 0. The normalized spacial score (nSPS) is 13.4. The van der Waals surface area contributed by atoms with Gasteiger partial charge < -0.3 is 9.15 Å². The lowest BCUT2D eigenvalue weighted by Gasteiger charge is -2.39. The van der Waals surface area contributed by atoms with Crippen LogP contribution in [0.3, 0.4) is 0 Å². The Morgan fingerprint density at radius 1 is 0.314 bits per heavy atom. The summed E-state index contributed by atoms with van der Waals surface area (Å²) in [6, 6.07) is 65.4. The lowest BCUT2D eigenvalue weighted by molar-refractivity contribution is 0.436. The third-order valence-electron chi connectivity index (χ3n) is 11.0. The number of furan rings is 1. The SMILES string of the molecule is c1cc(-c2ccc(-c3ccc4c(c3)oc3ccccc34)cc2)cc(-c2ccc3c(c2)Oc2ccccc2C32c3ccccc3-c3ccccc32)c1. The van der Waals surface area contributed by atoms with E-state index < -0.39 is 5.41 Å². The molecule has 1 aromatic heterocycles. The van der Waals surface area contributed by atoms with E-state index in [-0.39, 0.29) is 0 Å². The Morgan fingerprint density at radius 2 is 0.843 bits per heavy atom. The molecule has 0 radical (unpaired) electrons. The summed E-state index contributed by atoms with van der Waals surface area (Å²) < 4.78 is 12.9. The first kappa shape index (κ1) is 28.2. The number of benzene rings is 8. The van der Waals surface area contributed by atoms with Crippen molar-refractivity contribution in [2.75, 3.05) is 0 Å². The van der Waals surface area contributed by atoms with Crippen molar-refractivity contribution < 1.29 is 9.15 Å². The Balaban J connectivity index is 0.975. The van der Waals surface area contributed by atoms with Gasteiger partial charge in [0.05, 0.1) is 5.41 Å². The van der Waals surface area contributed by atoms with E-state index in [1.54, 1.807) is 0 Å². The average Bonchev–Trinajstić information content (AvgIpc) is 3.72. The molecule has 0 atom stereocenters. The number of ether oxygens (including phenoxy) is 1. The smallest absolute Gasteiger partial charge is 0.136 e. The van der Waals surface area contributed by atoms with E-state index in [9.17, 15) is 0 Å². The molecular weight excluding hydrogens is 621 g/mol. The van der Waals surface area contributed by atoms with Gasteiger partial charge in [0.2, 0.25) is 0 Å². The Morgan fingerprint density at radius 3 is 1.61 bits per heavy atom. The van der Waals surface area contributed by atoms with Gasteiger partial charge >= 0.3 is 0 Å². The number of para-hydroxylation sites is 2. The molecule has 2 aliphatic rings. The predicted octanol–water partition coefficient (Wildman–Crippen LogP) is 13.1. The summed E-state index contributed by atoms with van der Waals surface area (Å²) in [5.74, 6) is 1.80. The Bertz CT molecular complexity index is 2790. The summed E-state index contributed by atoms with van der Waals surface area (Å²) in [7, 11) is 0. The second-order valence-electron chi connectivity index (χ2n) is 13.6. The van der Waals surface area contributed by atoms with Crippen molar-refractivity contribution >= 4 is 21.9 Å². The number of hydrogen-bond acceptors (Lipinski definition) is 2. The molecule has 1 spiro atoms. The monoisotopic (exact) mass is 650 g/mol. The standard InChI is InChI=1S/C49H30O2/c1-4-15-41-37(12-1)38-13-2-5-16-42(38)49(41)43-17-6-8-19-46(43)51-48-30-36(25-27-44(48)49)34-11-9-10-33(28-34)31-20-22-32(23-21-31)35-24-26-40-39-14-3-7-18-45(39)50-47(40)29-35/h1-30H. The summed E-state index contributed by atoms with van der Waals surface area (Å²) in [5.41, 5.74) is 15.8. The Hall–Kier alpha value is -6.64. The maximum atomic E-state index is 6.76. The van der Waals surface area contributed by atoms with E-state index in [1.807, 2.05) is 12.1 Å². The van der Waals surface area contributed by atoms with Crippen molar-refractivity contribution in [1.29, 1.82) is 0 Å². The summed E-state index contributed by atoms with van der Waals surface area (Å²) in [5, 5.41) is 2.30. The Labute approximate surface area is 295 Å². The van der Waals surface area contributed by atoms with Gasteiger partial charge in [0.25, 0.3) is 0 Å². The number of fused-ring (bicyclic) bond motifs is 12. The molecule has 51 heavy (non-hydrogen) atoms. The lowest BCUT2D eigenvalue weighted by atomic mass is 9.66. The maximum Gasteiger partial charge on any atom is 0.136 e. The van der Waals surface area contributed by atoms with Crippen LogP contribution < -0.4 is 4.74 Å². The van der Waals surface area contributed by atoms with Crippen molar-refractivity contribution in [2.45, 2.75) is 5.41 Å². The molecular formula is C49H30O2. The van der Waals surface area contributed by atoms with E-state index in [4.69, 9.17) is 9.15 Å². The molecule has 9 aromatic rings. The second-order valence-corrected chi connectivity index (χ2v) is 13.6. The van der Waals surface area contributed by atoms with E-state index >= 15 is 0 Å². The van der Waals surface area contributed by atoms with Gasteiger partial charge in [-0.1, -0.05) is 146 Å². The van der Waals surface area contributed by atoms with Crippen LogP contribution in [0.5, 0.6) is 11.5 Å². The molecule has 8 aromatic carbocycles. The van der Waals surface area contributed by atoms with Crippen LogP contribution in [0.25, 0.3) is 66.4 Å². The second kappa shape index (κ2) is 10.7. The number of hydrogen-bond donors (Lipinski definition) is 0. The van der Waals surface area contributed by atoms with Gasteiger partial charge in [-0.15, -0.1) is 0 Å². The van der Waals surface area contributed by atoms with E-state index in [2.05, 4.69) is 170 Å². The van der Waals surface area contributed by atoms with Gasteiger partial charge in [-0.3, -0.25) is 0 Å². The fourth-order valence-electron chi connectivity index (χ4n) is 8.68. The average molecular weight is 651 g/mol. The minimum Gasteiger partial charge on any atom is -0.457 e. The van der Waals surface area contributed by atoms with Crippen molar-refractivity contribution in [3.8, 4) is 56.0 Å². The zero-order valence-corrected chi connectivity index (χ0v) is 27.6. The van der Waals surface area contributed by atoms with Crippen LogP contribution in [0.15, 0.2) is 186 Å². The molecule has 238 valence electrons. The summed E-state index contributed by atoms with van der Waals surface area (Å²) in [6.07, 6.45) is 0. The van der Waals surface area contributed by atoms with Crippen LogP contribution in [-0.2, 0) is 5.41 Å². The van der Waals surface area contributed by atoms with Crippen molar-refractivity contribution in [3.05, 3.63) is 204 Å². The first-order valence-electron chi connectivity index (χ1n) is 17.5. The third-order valence-corrected chi connectivity index (χ3v) is 11.0. The quantitative estimate of drug-likeness (QED) is 0.190. The van der Waals surface area contributed by atoms with Crippen molar-refractivity contribution in [3.63, 3.8) is 0 Å². The first-order chi connectivity index (χ1) is 25.3. The van der Waals surface area contributed by atoms with Gasteiger partial charge in [0.1, 0.15) is 22.7 Å². The highest BCUT2D eigenvalue weighted by Gasteiger charge is 2.50. The van der Waals surface area contributed by atoms with Crippen LogP contribution in [-0.4, -0.2) is 0 Å². The van der Waals surface area contributed by atoms with Crippen LogP contribution in [0.2, 0.25) is 0 Å². The molecule has 0 N–H and O–H groups in total. The highest BCUT2D eigenvalue weighted by Crippen LogP contribution is 2.62. The van der Waals surface area contributed by atoms with Crippen molar-refractivity contribution in [1.82, 2.24) is 0 Å². The lowest BCUT2D eigenvalue weighted by Crippen LogP contribution is -2.32. The summed E-state index contributed by atoms with van der Waals surface area (Å²) in [6.45, 7) is 0. The van der Waals surface area contributed by atoms with Gasteiger partial charge in [0, 0.05) is 21.9 Å². The van der Waals surface area contributed by atoms with Crippen LogP contribution in [0.1, 0.15) is 22.3 Å². The predicted molar refractivity (Wildman–Crippen MR) is 207 cm³/mol. The molecule has 0 fully saturated rings. The van der Waals surface area contributed by atoms with E-state index in [0.717, 1.165) is 55.7 Å². The fourth-order valence-corrected chi connectivity index (χ4v) is 8.68. The molecule has 2 nitrogen and oxygen atoms in total. The zero-order valence-electron chi connectivity index (χ0n) is 27.6. The highest BCUT2D eigenvalue weighted by molar-refractivity contribution is 6.05. The first-order valence-corrected chi connectivity index (χ1v) is 17.5. The summed E-state index contributed by atoms with van der Waals surface area (Å²) in [4.78, 5) is 0.